The molecule has 1 saturated heterocycles. The molecule has 0 atom stereocenters. The average Bonchev–Trinajstić information content (AvgIpc) is 3.15. The van der Waals surface area contributed by atoms with Gasteiger partial charge in [0.05, 0.1) is 12.0 Å². The number of nitrogens with zero attached hydrogens (tertiary/aromatic N) is 1. The van der Waals surface area contributed by atoms with E-state index in [1.165, 1.54) is 0 Å². The minimum absolute atomic E-state index is 0.0841. The molecule has 0 aromatic rings. The first-order valence-corrected chi connectivity index (χ1v) is 7.31. The van der Waals surface area contributed by atoms with Gasteiger partial charge in [-0.25, -0.2) is 0 Å². The molecule has 0 aromatic carbocycles. The van der Waals surface area contributed by atoms with Crippen molar-refractivity contribution in [2.45, 2.75) is 51.5 Å². The molecule has 0 unspecified atom stereocenters. The molecule has 2 aliphatic rings. The molecule has 0 aromatic heterocycles. The summed E-state index contributed by atoms with van der Waals surface area (Å²) in [6.07, 6.45) is 5.16. The van der Waals surface area contributed by atoms with E-state index in [1.807, 2.05) is 6.92 Å². The molecule has 0 radical (unpaired) electrons. The predicted octanol–water partition coefficient (Wildman–Crippen LogP) is 1.23. The van der Waals surface area contributed by atoms with E-state index >= 15 is 0 Å². The van der Waals surface area contributed by atoms with Gasteiger partial charge in [0.2, 0.25) is 5.91 Å². The van der Waals surface area contributed by atoms with Crippen molar-refractivity contribution in [1.29, 1.82) is 0 Å². The number of carboxylic acid groups (broad SMARTS) is 1. The summed E-state index contributed by atoms with van der Waals surface area (Å²) in [5.74, 6) is -0.586. The van der Waals surface area contributed by atoms with Gasteiger partial charge in [0.25, 0.3) is 0 Å². The normalized spacial score (nSPS) is 23.0. The van der Waals surface area contributed by atoms with E-state index in [0.29, 0.717) is 38.5 Å². The molecule has 1 heterocycles. The first kappa shape index (κ1) is 14.3. The van der Waals surface area contributed by atoms with Crippen LogP contribution in [0.5, 0.6) is 0 Å². The molecule has 2 fully saturated rings. The lowest BCUT2D eigenvalue weighted by molar-refractivity contribution is -0.152. The van der Waals surface area contributed by atoms with Crippen molar-refractivity contribution in [2.75, 3.05) is 19.6 Å². The second kappa shape index (κ2) is 5.90. The number of amides is 1. The Balaban J connectivity index is 1.79. The maximum absolute atomic E-state index is 11.7. The first-order chi connectivity index (χ1) is 9.05. The van der Waals surface area contributed by atoms with Gasteiger partial charge in [-0.15, -0.1) is 0 Å². The molecule has 0 spiro atoms. The van der Waals surface area contributed by atoms with Crippen molar-refractivity contribution in [3.8, 4) is 0 Å². The Bertz CT molecular complexity index is 345. The Morgan fingerprint density at radius 1 is 1.32 bits per heavy atom. The van der Waals surface area contributed by atoms with E-state index in [-0.39, 0.29) is 5.91 Å². The largest absolute Gasteiger partial charge is 0.481 e. The lowest BCUT2D eigenvalue weighted by atomic mass is 9.75. The monoisotopic (exact) mass is 268 g/mol. The Morgan fingerprint density at radius 3 is 2.42 bits per heavy atom. The molecule has 1 aliphatic carbocycles. The highest BCUT2D eigenvalue weighted by Gasteiger charge is 2.40. The third kappa shape index (κ3) is 3.69. The van der Waals surface area contributed by atoms with Gasteiger partial charge in [-0.05, 0) is 45.2 Å². The van der Waals surface area contributed by atoms with Crippen molar-refractivity contribution in [3.63, 3.8) is 0 Å². The predicted molar refractivity (Wildman–Crippen MR) is 71.8 cm³/mol. The van der Waals surface area contributed by atoms with Gasteiger partial charge >= 0.3 is 5.97 Å². The van der Waals surface area contributed by atoms with E-state index in [9.17, 15) is 14.7 Å². The molecule has 1 saturated carbocycles. The summed E-state index contributed by atoms with van der Waals surface area (Å²) in [5.41, 5.74) is -0.557. The van der Waals surface area contributed by atoms with E-state index in [1.54, 1.807) is 0 Å². The lowest BCUT2D eigenvalue weighted by Gasteiger charge is -2.38. The summed E-state index contributed by atoms with van der Waals surface area (Å²) in [6, 6.07) is 0.399. The summed E-state index contributed by atoms with van der Waals surface area (Å²) in [4.78, 5) is 25.2. The van der Waals surface area contributed by atoms with Gasteiger partial charge in [-0.1, -0.05) is 13.3 Å². The fraction of sp³-hybridized carbons (Fsp3) is 0.857. The van der Waals surface area contributed by atoms with Gasteiger partial charge in [-0.2, -0.15) is 0 Å². The topological polar surface area (TPSA) is 69.6 Å². The zero-order valence-electron chi connectivity index (χ0n) is 11.7. The number of likely N-dealkylation sites (tertiary alicyclic amines) is 1. The quantitative estimate of drug-likeness (QED) is 0.760. The number of carbonyl (C=O) groups is 2. The van der Waals surface area contributed by atoms with E-state index in [2.05, 4.69) is 10.2 Å². The van der Waals surface area contributed by atoms with Gasteiger partial charge < -0.3 is 10.4 Å². The molecule has 108 valence electrons. The van der Waals surface area contributed by atoms with Crippen LogP contribution in [0.25, 0.3) is 0 Å². The van der Waals surface area contributed by atoms with Crippen molar-refractivity contribution in [2.24, 2.45) is 5.41 Å². The summed E-state index contributed by atoms with van der Waals surface area (Å²) in [6.45, 7) is 3.87. The maximum atomic E-state index is 11.7. The summed E-state index contributed by atoms with van der Waals surface area (Å²) < 4.78 is 0. The first-order valence-electron chi connectivity index (χ1n) is 7.31. The van der Waals surface area contributed by atoms with Crippen LogP contribution < -0.4 is 5.32 Å². The third-order valence-electron chi connectivity index (χ3n) is 4.31. The Hall–Kier alpha value is -1.10. The van der Waals surface area contributed by atoms with Gasteiger partial charge in [0.1, 0.15) is 0 Å². The van der Waals surface area contributed by atoms with Gasteiger partial charge in [-0.3, -0.25) is 14.5 Å². The van der Waals surface area contributed by atoms with Crippen LogP contribution in [0.2, 0.25) is 0 Å². The number of nitrogens with one attached hydrogen (secondary N) is 1. The molecular formula is C14H24N2O3. The standard InChI is InChI=1S/C14H24N2O3/c1-2-5-14(13(18)19)6-8-16(9-7-14)10-12(17)15-11-3-4-11/h11H,2-10H2,1H3,(H,15,17)(H,18,19). The number of piperidine rings is 1. The highest BCUT2D eigenvalue weighted by molar-refractivity contribution is 5.79. The molecule has 5 nitrogen and oxygen atoms in total. The third-order valence-corrected chi connectivity index (χ3v) is 4.31. The lowest BCUT2D eigenvalue weighted by Crippen LogP contribution is -2.47. The van der Waals surface area contributed by atoms with Crippen LogP contribution in [0, 0.1) is 5.41 Å². The SMILES string of the molecule is CCCC1(C(=O)O)CCN(CC(=O)NC2CC2)CC1. The molecule has 5 heteroatoms. The molecular weight excluding hydrogens is 244 g/mol. The zero-order valence-corrected chi connectivity index (χ0v) is 11.7. The summed E-state index contributed by atoms with van der Waals surface area (Å²) in [7, 11) is 0. The summed E-state index contributed by atoms with van der Waals surface area (Å²) in [5, 5.41) is 12.4. The Labute approximate surface area is 114 Å². The van der Waals surface area contributed by atoms with Gasteiger partial charge in [0.15, 0.2) is 0 Å². The molecule has 1 aliphatic heterocycles. The number of hydrogen-bond acceptors (Lipinski definition) is 3. The Morgan fingerprint density at radius 2 is 1.95 bits per heavy atom. The Kier molecular flexibility index (Phi) is 4.45. The van der Waals surface area contributed by atoms with E-state index < -0.39 is 11.4 Å². The molecule has 0 bridgehead atoms. The fourth-order valence-electron chi connectivity index (χ4n) is 2.89. The fourth-order valence-corrected chi connectivity index (χ4v) is 2.89. The second-order valence-corrected chi connectivity index (χ2v) is 5.95. The van der Waals surface area contributed by atoms with E-state index in [4.69, 9.17) is 0 Å². The van der Waals surface area contributed by atoms with Crippen LogP contribution in [0.3, 0.4) is 0 Å². The van der Waals surface area contributed by atoms with Crippen LogP contribution in [-0.4, -0.2) is 47.6 Å². The number of carboxylic acids is 1. The molecule has 19 heavy (non-hydrogen) atoms. The highest BCUT2D eigenvalue weighted by atomic mass is 16.4. The zero-order chi connectivity index (χ0) is 13.9. The highest BCUT2D eigenvalue weighted by Crippen LogP contribution is 2.36. The van der Waals surface area contributed by atoms with Crippen molar-refractivity contribution in [3.05, 3.63) is 0 Å². The van der Waals surface area contributed by atoms with Crippen molar-refractivity contribution >= 4 is 11.9 Å². The van der Waals surface area contributed by atoms with Crippen LogP contribution >= 0.6 is 0 Å². The van der Waals surface area contributed by atoms with Gasteiger partial charge in [0, 0.05) is 6.04 Å². The maximum Gasteiger partial charge on any atom is 0.309 e. The molecule has 2 N–H and O–H groups in total. The van der Waals surface area contributed by atoms with Crippen LogP contribution in [0.4, 0.5) is 0 Å². The number of carbonyl (C=O) groups excluding carboxylic acids is 1. The van der Waals surface area contributed by atoms with Crippen molar-refractivity contribution < 1.29 is 14.7 Å². The van der Waals surface area contributed by atoms with Crippen LogP contribution in [0.15, 0.2) is 0 Å². The molecule has 1 amide bonds. The smallest absolute Gasteiger partial charge is 0.309 e. The van der Waals surface area contributed by atoms with Crippen molar-refractivity contribution in [1.82, 2.24) is 10.2 Å². The van der Waals surface area contributed by atoms with Crippen LogP contribution in [0.1, 0.15) is 45.4 Å². The van der Waals surface area contributed by atoms with E-state index in [0.717, 1.165) is 25.7 Å². The van der Waals surface area contributed by atoms with Crippen LogP contribution in [-0.2, 0) is 9.59 Å². The average molecular weight is 268 g/mol. The minimum Gasteiger partial charge on any atom is -0.481 e. The minimum atomic E-state index is -0.670. The number of aliphatic carboxylic acids is 1. The second-order valence-electron chi connectivity index (χ2n) is 5.95. The summed E-state index contributed by atoms with van der Waals surface area (Å²) >= 11 is 0. The number of hydrogen-bond donors (Lipinski definition) is 2. The molecule has 2 rings (SSSR count). The number of rotatable bonds is 6.